The number of aromatic nitrogens is 4. The number of anilines is 2. The minimum Gasteiger partial charge on any atom is -0.366 e. The Morgan fingerprint density at radius 3 is 2.23 bits per heavy atom. The van der Waals surface area contributed by atoms with Gasteiger partial charge in [-0.1, -0.05) is 31.5 Å². The SMILES string of the molecule is CC(C)n1cnc2cc(-c3ccc4c(c3)N([C@H]3C[C@@H](N5CCCCC5)C3)C(=O)C43CCN(C(=O)C4(C)CCN(C(=O)CN5CCC(c6ccc(C7CCC(=O)NC7=O)cn6)CC5)CC4)CC3)nc(NC3CC3)c21. The number of hydrogen-bond acceptors (Lipinski definition) is 11. The molecule has 2 saturated carbocycles. The van der Waals surface area contributed by atoms with Gasteiger partial charge in [-0.2, -0.15) is 0 Å². The molecule has 0 bridgehead atoms. The molecule has 0 radical (unpaired) electrons. The first-order valence-electron chi connectivity index (χ1n) is 27.8. The number of benzene rings is 1. The van der Waals surface area contributed by atoms with Crippen molar-refractivity contribution in [1.82, 2.24) is 44.4 Å². The molecule has 5 saturated heterocycles. The second kappa shape index (κ2) is 19.2. The van der Waals surface area contributed by atoms with E-state index >= 15 is 4.79 Å². The molecule has 1 unspecified atom stereocenters. The minimum absolute atomic E-state index is 0.119. The van der Waals surface area contributed by atoms with Gasteiger partial charge in [0.05, 0.1) is 35.4 Å². The number of carbonyl (C=O) groups excluding carboxylic acids is 5. The fourth-order valence-corrected chi connectivity index (χ4v) is 13.6. The van der Waals surface area contributed by atoms with E-state index in [1.54, 1.807) is 6.20 Å². The Morgan fingerprint density at radius 2 is 1.55 bits per heavy atom. The number of nitrogens with zero attached hydrogens (tertiary/aromatic N) is 9. The minimum atomic E-state index is -0.684. The summed E-state index contributed by atoms with van der Waals surface area (Å²) in [6, 6.07) is 14.0. The Balaban J connectivity index is 0.689. The van der Waals surface area contributed by atoms with Crippen LogP contribution in [0.5, 0.6) is 0 Å². The summed E-state index contributed by atoms with van der Waals surface area (Å²) in [5.41, 5.74) is 6.49. The van der Waals surface area contributed by atoms with E-state index in [1.807, 2.05) is 28.3 Å². The van der Waals surface area contributed by atoms with Crippen molar-refractivity contribution >= 4 is 52.1 Å². The average Bonchev–Trinajstić information content (AvgIpc) is 4.06. The number of rotatable bonds is 11. The van der Waals surface area contributed by atoms with Crippen LogP contribution in [0.1, 0.15) is 152 Å². The second-order valence-electron chi connectivity index (χ2n) is 23.6. The number of amides is 5. The summed E-state index contributed by atoms with van der Waals surface area (Å²) in [5, 5.41) is 6.14. The van der Waals surface area contributed by atoms with E-state index in [4.69, 9.17) is 15.0 Å². The van der Waals surface area contributed by atoms with Crippen molar-refractivity contribution in [1.29, 1.82) is 0 Å². The summed E-state index contributed by atoms with van der Waals surface area (Å²) >= 11 is 0. The van der Waals surface area contributed by atoms with Gasteiger partial charge in [-0.05, 0) is 153 Å². The number of likely N-dealkylation sites (tertiary alicyclic amines) is 4. The van der Waals surface area contributed by atoms with E-state index in [-0.39, 0.29) is 53.5 Å². The molecule has 73 heavy (non-hydrogen) atoms. The topological polar surface area (TPSA) is 169 Å². The number of nitrogens with one attached hydrogen (secondary N) is 2. The van der Waals surface area contributed by atoms with Crippen LogP contribution >= 0.6 is 0 Å². The van der Waals surface area contributed by atoms with Gasteiger partial charge in [0.15, 0.2) is 5.82 Å². The number of fused-ring (bicyclic) bond motifs is 3. The fraction of sp³-hybridized carbons (Fsp3) is 0.614. The van der Waals surface area contributed by atoms with Crippen molar-refractivity contribution < 1.29 is 24.0 Å². The molecule has 2 N–H and O–H groups in total. The van der Waals surface area contributed by atoms with E-state index in [9.17, 15) is 19.2 Å². The van der Waals surface area contributed by atoms with E-state index in [0.717, 1.165) is 115 Å². The number of hydrogen-bond donors (Lipinski definition) is 2. The molecular weight excluding hydrogens is 919 g/mol. The lowest BCUT2D eigenvalue weighted by molar-refractivity contribution is -0.149. The molecule has 2 aliphatic carbocycles. The summed E-state index contributed by atoms with van der Waals surface area (Å²) < 4.78 is 2.20. The summed E-state index contributed by atoms with van der Waals surface area (Å²) in [5.74, 6) is 0.813. The third kappa shape index (κ3) is 9.01. The zero-order valence-corrected chi connectivity index (χ0v) is 43.1. The normalized spacial score (nSPS) is 25.8. The zero-order chi connectivity index (χ0) is 50.2. The van der Waals surface area contributed by atoms with Crippen molar-refractivity contribution in [3.8, 4) is 11.3 Å². The first-order chi connectivity index (χ1) is 35.3. The van der Waals surface area contributed by atoms with Crippen LogP contribution in [0.2, 0.25) is 0 Å². The van der Waals surface area contributed by atoms with E-state index in [0.29, 0.717) is 83.3 Å². The first-order valence-corrected chi connectivity index (χ1v) is 27.8. The van der Waals surface area contributed by atoms with Crippen molar-refractivity contribution in [2.24, 2.45) is 5.41 Å². The van der Waals surface area contributed by atoms with Crippen LogP contribution in [-0.2, 0) is 29.4 Å². The van der Waals surface area contributed by atoms with Crippen LogP contribution in [0, 0.1) is 5.41 Å². The summed E-state index contributed by atoms with van der Waals surface area (Å²) in [6.07, 6.45) is 16.8. The van der Waals surface area contributed by atoms with Crippen molar-refractivity contribution in [2.45, 2.75) is 159 Å². The van der Waals surface area contributed by atoms with Crippen molar-refractivity contribution in [2.75, 3.05) is 69.1 Å². The summed E-state index contributed by atoms with van der Waals surface area (Å²) in [6.45, 7) is 12.9. The third-order valence-corrected chi connectivity index (χ3v) is 18.5. The standard InChI is InChI=1S/C57H73N11O5/c1-36(2)67-35-59-47-32-46(61-52(51(47)67)60-40-9-10-40)38-7-12-44-48(29-38)68(42-30-41(31-42)64-21-5-4-6-22-64)55(73)57(44)19-27-66(28-20-57)54(72)56(3)17-25-65(26-18-56)50(70)34-63-23-15-37(16-24-63)45-13-8-39(33-58-45)43-11-14-49(69)62-53(43)71/h7-8,12-13,29,32-33,35-37,40-43H,4-6,9-11,14-28,30-31,34H2,1-3H3,(H,60,61)(H,62,69,71)/t41-,42+,43?. The van der Waals surface area contributed by atoms with Gasteiger partial charge in [0.25, 0.3) is 0 Å². The number of imide groups is 1. The molecule has 3 aromatic heterocycles. The molecule has 1 atom stereocenters. The Kier molecular flexibility index (Phi) is 12.7. The molecule has 9 heterocycles. The molecule has 12 rings (SSSR count). The van der Waals surface area contributed by atoms with E-state index in [2.05, 4.69) is 74.9 Å². The molecule has 7 fully saturated rings. The Bertz CT molecular complexity index is 2790. The molecule has 5 amide bonds. The van der Waals surface area contributed by atoms with Gasteiger partial charge in [0.1, 0.15) is 5.52 Å². The molecule has 1 aromatic carbocycles. The lowest BCUT2D eigenvalue weighted by Crippen LogP contribution is -2.59. The molecule has 8 aliphatic rings. The number of imidazole rings is 1. The first kappa shape index (κ1) is 48.2. The van der Waals surface area contributed by atoms with Gasteiger partial charge in [-0.25, -0.2) is 9.97 Å². The Hall–Kier alpha value is -5.74. The van der Waals surface area contributed by atoms with E-state index in [1.165, 1.54) is 19.3 Å². The van der Waals surface area contributed by atoms with Crippen LogP contribution in [0.15, 0.2) is 48.9 Å². The van der Waals surface area contributed by atoms with Gasteiger partial charge in [0.2, 0.25) is 29.5 Å². The van der Waals surface area contributed by atoms with Crippen LogP contribution < -0.4 is 15.5 Å². The van der Waals surface area contributed by atoms with Gasteiger partial charge in [-0.3, -0.25) is 39.2 Å². The maximum absolute atomic E-state index is 15.3. The molecular formula is C57H73N11O5. The van der Waals surface area contributed by atoms with Crippen LogP contribution in [-0.4, -0.2) is 146 Å². The van der Waals surface area contributed by atoms with Gasteiger partial charge in [-0.15, -0.1) is 0 Å². The maximum atomic E-state index is 15.3. The molecule has 16 heteroatoms. The average molecular weight is 992 g/mol. The van der Waals surface area contributed by atoms with Crippen LogP contribution in [0.25, 0.3) is 22.3 Å². The molecule has 386 valence electrons. The van der Waals surface area contributed by atoms with Gasteiger partial charge >= 0.3 is 0 Å². The van der Waals surface area contributed by atoms with Gasteiger partial charge in [0, 0.05) is 91.2 Å². The molecule has 4 aromatic rings. The summed E-state index contributed by atoms with van der Waals surface area (Å²) in [7, 11) is 0. The van der Waals surface area contributed by atoms with Crippen molar-refractivity contribution in [3.63, 3.8) is 0 Å². The lowest BCUT2D eigenvalue weighted by Gasteiger charge is -2.48. The van der Waals surface area contributed by atoms with Crippen molar-refractivity contribution in [3.05, 3.63) is 65.7 Å². The molecule has 16 nitrogen and oxygen atoms in total. The summed E-state index contributed by atoms with van der Waals surface area (Å²) in [4.78, 5) is 93.5. The predicted molar refractivity (Wildman–Crippen MR) is 279 cm³/mol. The fourth-order valence-electron chi connectivity index (χ4n) is 13.6. The van der Waals surface area contributed by atoms with Gasteiger partial charge < -0.3 is 29.5 Å². The quantitative estimate of drug-likeness (QED) is 0.150. The number of carbonyl (C=O) groups is 5. The highest BCUT2D eigenvalue weighted by Crippen LogP contribution is 2.53. The second-order valence-corrected chi connectivity index (χ2v) is 23.6. The highest BCUT2D eigenvalue weighted by molar-refractivity contribution is 6.09. The smallest absolute Gasteiger partial charge is 0.238 e. The Labute approximate surface area is 429 Å². The highest BCUT2D eigenvalue weighted by atomic mass is 16.2. The number of pyridine rings is 2. The lowest BCUT2D eigenvalue weighted by atomic mass is 9.72. The zero-order valence-electron chi connectivity index (χ0n) is 43.1. The Morgan fingerprint density at radius 1 is 0.808 bits per heavy atom. The third-order valence-electron chi connectivity index (χ3n) is 18.5. The molecule has 6 aliphatic heterocycles. The molecule has 1 spiro atoms. The monoisotopic (exact) mass is 992 g/mol. The van der Waals surface area contributed by atoms with Crippen LogP contribution in [0.3, 0.4) is 0 Å². The van der Waals surface area contributed by atoms with E-state index < -0.39 is 10.8 Å². The number of piperidine rings is 5. The highest BCUT2D eigenvalue weighted by Gasteiger charge is 2.56. The predicted octanol–water partition coefficient (Wildman–Crippen LogP) is 6.90. The maximum Gasteiger partial charge on any atom is 0.238 e. The largest absolute Gasteiger partial charge is 0.366 e. The van der Waals surface area contributed by atoms with Crippen LogP contribution in [0.4, 0.5) is 11.5 Å².